The normalized spacial score (nSPS) is 11.7. The van der Waals surface area contributed by atoms with Crippen LogP contribution in [0.2, 0.25) is 0 Å². The van der Waals surface area contributed by atoms with Crippen molar-refractivity contribution in [2.75, 3.05) is 0 Å². The number of carbonyl (C=O) groups excluding carboxylic acids is 1. The molecule has 2 heterocycles. The standard InChI is InChI=1S/C29H33N3O5/c1-19(2)15-25-26(36-18-20-11-7-6-8-12-20)30-23(27(33)32(25)35)16-21-17-31(28(34)37-29(3,4)5)24-14-10-9-13-22(21)24/h6-14,17,19,33H,15-16,18H2,1-5H3. The third-order valence-electron chi connectivity index (χ3n) is 5.74. The predicted octanol–water partition coefficient (Wildman–Crippen LogP) is 5.53. The van der Waals surface area contributed by atoms with Crippen LogP contribution in [0.4, 0.5) is 4.79 Å². The summed E-state index contributed by atoms with van der Waals surface area (Å²) in [4.78, 5) is 17.5. The largest absolute Gasteiger partial charge is 0.616 e. The number of aromatic hydroxyl groups is 1. The summed E-state index contributed by atoms with van der Waals surface area (Å²) in [6, 6.07) is 17.0. The number of para-hydroxylation sites is 1. The van der Waals surface area contributed by atoms with Crippen molar-refractivity contribution in [2.45, 2.75) is 59.7 Å². The smallest absolute Gasteiger partial charge is 0.419 e. The first-order valence-corrected chi connectivity index (χ1v) is 12.4. The Kier molecular flexibility index (Phi) is 7.38. The fraction of sp³-hybridized carbons (Fsp3) is 0.345. The van der Waals surface area contributed by atoms with Gasteiger partial charge in [0.05, 0.1) is 5.52 Å². The molecular weight excluding hydrogens is 470 g/mol. The van der Waals surface area contributed by atoms with E-state index >= 15 is 0 Å². The van der Waals surface area contributed by atoms with Gasteiger partial charge in [-0.25, -0.2) is 9.78 Å². The molecule has 4 aromatic rings. The Morgan fingerprint density at radius 1 is 1.11 bits per heavy atom. The molecular formula is C29H33N3O5. The lowest BCUT2D eigenvalue weighted by molar-refractivity contribution is -0.623. The molecule has 0 atom stereocenters. The number of fused-ring (bicyclic) bond motifs is 1. The van der Waals surface area contributed by atoms with Crippen LogP contribution in [0.15, 0.2) is 60.8 Å². The minimum atomic E-state index is -0.659. The first-order valence-electron chi connectivity index (χ1n) is 12.4. The number of rotatable bonds is 7. The summed E-state index contributed by atoms with van der Waals surface area (Å²) in [5.74, 6) is -0.133. The molecule has 37 heavy (non-hydrogen) atoms. The Balaban J connectivity index is 1.73. The van der Waals surface area contributed by atoms with E-state index in [0.717, 1.165) is 16.5 Å². The molecule has 0 bridgehead atoms. The number of hydrogen-bond acceptors (Lipinski definition) is 6. The molecule has 2 aromatic carbocycles. The lowest BCUT2D eigenvalue weighted by Gasteiger charge is -2.19. The minimum Gasteiger partial charge on any atom is -0.616 e. The first-order chi connectivity index (χ1) is 17.5. The van der Waals surface area contributed by atoms with E-state index in [0.29, 0.717) is 16.7 Å². The van der Waals surface area contributed by atoms with Crippen LogP contribution in [0.5, 0.6) is 11.8 Å². The average molecular weight is 504 g/mol. The van der Waals surface area contributed by atoms with Crippen LogP contribution in [-0.4, -0.2) is 26.4 Å². The topological polar surface area (TPSA) is 101 Å². The van der Waals surface area contributed by atoms with E-state index in [2.05, 4.69) is 4.98 Å². The van der Waals surface area contributed by atoms with Crippen molar-refractivity contribution in [1.29, 1.82) is 0 Å². The third-order valence-corrected chi connectivity index (χ3v) is 5.74. The monoisotopic (exact) mass is 503 g/mol. The summed E-state index contributed by atoms with van der Waals surface area (Å²) in [7, 11) is 0. The van der Waals surface area contributed by atoms with Crippen LogP contribution < -0.4 is 9.47 Å². The van der Waals surface area contributed by atoms with Gasteiger partial charge in [-0.1, -0.05) is 62.4 Å². The Morgan fingerprint density at radius 2 is 1.78 bits per heavy atom. The SMILES string of the molecule is CC(C)Cc1c(OCc2ccccc2)nc(Cc2cn(C(=O)OC(C)(C)C)c3ccccc23)c(O)[n+]1[O-]. The van der Waals surface area contributed by atoms with Crippen LogP contribution in [0.1, 0.15) is 57.1 Å². The van der Waals surface area contributed by atoms with Gasteiger partial charge in [-0.3, -0.25) is 4.57 Å². The van der Waals surface area contributed by atoms with Gasteiger partial charge in [-0.05, 0) is 43.9 Å². The van der Waals surface area contributed by atoms with Gasteiger partial charge >= 0.3 is 12.0 Å². The van der Waals surface area contributed by atoms with Gasteiger partial charge in [0.25, 0.3) is 11.6 Å². The van der Waals surface area contributed by atoms with E-state index < -0.39 is 17.6 Å². The predicted molar refractivity (Wildman–Crippen MR) is 141 cm³/mol. The Bertz CT molecular complexity index is 1400. The molecule has 0 aliphatic rings. The van der Waals surface area contributed by atoms with Crippen molar-refractivity contribution in [3.8, 4) is 11.8 Å². The summed E-state index contributed by atoms with van der Waals surface area (Å²) in [6.07, 6.45) is 1.67. The molecule has 2 aromatic heterocycles. The van der Waals surface area contributed by atoms with E-state index in [1.54, 1.807) is 6.20 Å². The first kappa shape index (κ1) is 26.0. The average Bonchev–Trinajstić information content (AvgIpc) is 3.21. The molecule has 0 aliphatic carbocycles. The highest BCUT2D eigenvalue weighted by molar-refractivity contribution is 5.92. The number of carbonyl (C=O) groups is 1. The fourth-order valence-electron chi connectivity index (χ4n) is 4.12. The van der Waals surface area contributed by atoms with Gasteiger partial charge in [0, 0.05) is 24.4 Å². The van der Waals surface area contributed by atoms with Crippen molar-refractivity contribution < 1.29 is 24.1 Å². The number of benzene rings is 2. The van der Waals surface area contributed by atoms with Gasteiger partial charge in [-0.15, -0.1) is 4.73 Å². The van der Waals surface area contributed by atoms with E-state index in [9.17, 15) is 15.1 Å². The van der Waals surface area contributed by atoms with Crippen molar-refractivity contribution in [3.05, 3.63) is 88.5 Å². The van der Waals surface area contributed by atoms with Crippen molar-refractivity contribution in [3.63, 3.8) is 0 Å². The molecule has 194 valence electrons. The Hall–Kier alpha value is -4.07. The fourth-order valence-corrected chi connectivity index (χ4v) is 4.12. The maximum atomic E-state index is 13.1. The van der Waals surface area contributed by atoms with Gasteiger partial charge in [0.2, 0.25) is 0 Å². The lowest BCUT2D eigenvalue weighted by Crippen LogP contribution is -2.35. The second-order valence-corrected chi connectivity index (χ2v) is 10.5. The lowest BCUT2D eigenvalue weighted by atomic mass is 10.1. The van der Waals surface area contributed by atoms with Crippen molar-refractivity contribution in [1.82, 2.24) is 9.55 Å². The number of ether oxygens (including phenoxy) is 2. The maximum Gasteiger partial charge on any atom is 0.419 e. The highest BCUT2D eigenvalue weighted by Gasteiger charge is 2.28. The molecule has 4 rings (SSSR count). The maximum absolute atomic E-state index is 13.1. The molecule has 0 fully saturated rings. The van der Waals surface area contributed by atoms with Crippen LogP contribution in [0, 0.1) is 11.1 Å². The molecule has 0 aliphatic heterocycles. The zero-order valence-corrected chi connectivity index (χ0v) is 21.9. The van der Waals surface area contributed by atoms with Crippen LogP contribution in [0.3, 0.4) is 0 Å². The van der Waals surface area contributed by atoms with Crippen LogP contribution in [-0.2, 0) is 24.2 Å². The van der Waals surface area contributed by atoms with Gasteiger partial charge < -0.3 is 19.8 Å². The summed E-state index contributed by atoms with van der Waals surface area (Å²) >= 11 is 0. The second-order valence-electron chi connectivity index (χ2n) is 10.5. The molecule has 0 radical (unpaired) electrons. The highest BCUT2D eigenvalue weighted by atomic mass is 16.6. The summed E-state index contributed by atoms with van der Waals surface area (Å²) in [5, 5.41) is 24.8. The summed E-state index contributed by atoms with van der Waals surface area (Å²) in [6.45, 7) is 9.63. The van der Waals surface area contributed by atoms with Gasteiger partial charge in [0.1, 0.15) is 12.2 Å². The van der Waals surface area contributed by atoms with E-state index in [-0.39, 0.29) is 36.2 Å². The number of aromatic nitrogens is 3. The van der Waals surface area contributed by atoms with Crippen LogP contribution in [0.25, 0.3) is 10.9 Å². The van der Waals surface area contributed by atoms with Gasteiger partial charge in [-0.2, -0.15) is 0 Å². The third kappa shape index (κ3) is 6.02. The Morgan fingerprint density at radius 3 is 2.46 bits per heavy atom. The summed E-state index contributed by atoms with van der Waals surface area (Å²) in [5.41, 5.74) is 2.11. The van der Waals surface area contributed by atoms with Crippen molar-refractivity contribution >= 4 is 17.0 Å². The quantitative estimate of drug-likeness (QED) is 0.263. The second kappa shape index (κ2) is 10.5. The minimum absolute atomic E-state index is 0.119. The molecule has 8 nitrogen and oxygen atoms in total. The number of nitrogens with zero attached hydrogens (tertiary/aromatic N) is 3. The van der Waals surface area contributed by atoms with Crippen molar-refractivity contribution in [2.24, 2.45) is 5.92 Å². The molecule has 0 saturated heterocycles. The zero-order valence-electron chi connectivity index (χ0n) is 21.9. The molecule has 0 spiro atoms. The highest BCUT2D eigenvalue weighted by Crippen LogP contribution is 2.28. The molecule has 1 N–H and O–H groups in total. The van der Waals surface area contributed by atoms with E-state index in [4.69, 9.17) is 9.47 Å². The van der Waals surface area contributed by atoms with E-state index in [1.165, 1.54) is 4.57 Å². The number of hydrogen-bond donors (Lipinski definition) is 1. The Labute approximate surface area is 216 Å². The molecule has 0 amide bonds. The molecule has 0 unspecified atom stereocenters. The molecule has 8 heteroatoms. The molecule has 0 saturated carbocycles. The van der Waals surface area contributed by atoms with Gasteiger partial charge in [0.15, 0.2) is 5.69 Å². The zero-order chi connectivity index (χ0) is 26.7. The van der Waals surface area contributed by atoms with E-state index in [1.807, 2.05) is 89.2 Å². The summed E-state index contributed by atoms with van der Waals surface area (Å²) < 4.78 is 13.5. The van der Waals surface area contributed by atoms with Crippen LogP contribution >= 0.6 is 0 Å².